The number of amides is 1. The zero-order valence-electron chi connectivity index (χ0n) is 16.9. The van der Waals surface area contributed by atoms with Crippen LogP contribution in [0.25, 0.3) is 11.4 Å². The summed E-state index contributed by atoms with van der Waals surface area (Å²) in [6.45, 7) is 1.76. The lowest BCUT2D eigenvalue weighted by molar-refractivity contribution is -0.115. The average molecular weight is 460 g/mol. The number of anilines is 1. The van der Waals surface area contributed by atoms with E-state index >= 15 is 0 Å². The van der Waals surface area contributed by atoms with Crippen molar-refractivity contribution in [3.63, 3.8) is 0 Å². The molecule has 0 aliphatic carbocycles. The summed E-state index contributed by atoms with van der Waals surface area (Å²) >= 11 is 12.2. The Kier molecular flexibility index (Phi) is 5.51. The molecule has 0 bridgehead atoms. The van der Waals surface area contributed by atoms with Crippen LogP contribution in [0, 0.1) is 0 Å². The first-order chi connectivity index (χ1) is 14.8. The fraction of sp³-hybridized carbons (Fsp3) is 0.190. The fourth-order valence-corrected chi connectivity index (χ4v) is 3.87. The number of nitrogens with zero attached hydrogens (tertiary/aromatic N) is 3. The van der Waals surface area contributed by atoms with E-state index in [1.54, 1.807) is 62.2 Å². The highest BCUT2D eigenvalue weighted by atomic mass is 35.5. The minimum Gasteiger partial charge on any atom is -0.497 e. The van der Waals surface area contributed by atoms with Crippen molar-refractivity contribution < 1.29 is 14.3 Å². The molecule has 8 nitrogen and oxygen atoms in total. The van der Waals surface area contributed by atoms with Gasteiger partial charge in [0, 0.05) is 16.8 Å². The maximum atomic E-state index is 12.4. The smallest absolute Gasteiger partial charge is 0.248 e. The van der Waals surface area contributed by atoms with Gasteiger partial charge in [-0.05, 0) is 43.3 Å². The quantitative estimate of drug-likeness (QED) is 0.596. The summed E-state index contributed by atoms with van der Waals surface area (Å²) in [5, 5.41) is 8.58. The second-order valence-corrected chi connectivity index (χ2v) is 7.69. The van der Waals surface area contributed by atoms with Gasteiger partial charge in [-0.3, -0.25) is 4.79 Å². The van der Waals surface area contributed by atoms with Crippen LogP contribution in [-0.2, 0) is 4.79 Å². The van der Waals surface area contributed by atoms with Crippen molar-refractivity contribution in [3.8, 4) is 22.9 Å². The first-order valence-corrected chi connectivity index (χ1v) is 10.0. The van der Waals surface area contributed by atoms with Crippen molar-refractivity contribution in [2.24, 2.45) is 5.73 Å². The number of nitrogens with one attached hydrogen (secondary N) is 1. The van der Waals surface area contributed by atoms with E-state index < -0.39 is 11.9 Å². The molecular weight excluding hydrogens is 441 g/mol. The van der Waals surface area contributed by atoms with Gasteiger partial charge in [-0.15, -0.1) is 5.10 Å². The summed E-state index contributed by atoms with van der Waals surface area (Å²) in [7, 11) is 3.11. The Morgan fingerprint density at radius 3 is 2.55 bits per heavy atom. The van der Waals surface area contributed by atoms with Crippen LogP contribution in [0.5, 0.6) is 11.5 Å². The van der Waals surface area contributed by atoms with E-state index in [2.05, 4.69) is 15.4 Å². The minimum atomic E-state index is -0.678. The normalized spacial score (nSPS) is 15.3. The number of benzene rings is 2. The molecule has 1 aliphatic rings. The number of carbonyl (C=O) groups is 1. The molecule has 1 aliphatic heterocycles. The molecule has 1 atom stereocenters. The molecule has 3 aromatic rings. The van der Waals surface area contributed by atoms with Gasteiger partial charge in [0.25, 0.3) is 0 Å². The molecule has 0 spiro atoms. The third-order valence-corrected chi connectivity index (χ3v) is 5.77. The van der Waals surface area contributed by atoms with Gasteiger partial charge in [-0.1, -0.05) is 23.2 Å². The van der Waals surface area contributed by atoms with E-state index in [1.807, 2.05) is 0 Å². The van der Waals surface area contributed by atoms with Crippen LogP contribution in [0.15, 0.2) is 47.7 Å². The Hall–Kier alpha value is -3.23. The number of hydrogen-bond donors (Lipinski definition) is 2. The predicted octanol–water partition coefficient (Wildman–Crippen LogP) is 4.04. The van der Waals surface area contributed by atoms with Crippen LogP contribution in [0.3, 0.4) is 0 Å². The molecule has 1 aromatic heterocycles. The second kappa shape index (κ2) is 8.13. The predicted molar refractivity (Wildman–Crippen MR) is 119 cm³/mol. The zero-order chi connectivity index (χ0) is 22.3. The van der Waals surface area contributed by atoms with Gasteiger partial charge in [0.05, 0.1) is 29.8 Å². The van der Waals surface area contributed by atoms with Crippen molar-refractivity contribution in [2.75, 3.05) is 19.5 Å². The van der Waals surface area contributed by atoms with Crippen LogP contribution in [0.2, 0.25) is 10.0 Å². The molecule has 1 unspecified atom stereocenters. The van der Waals surface area contributed by atoms with E-state index in [9.17, 15) is 4.79 Å². The Labute approximate surface area is 188 Å². The molecular formula is C21H19Cl2N5O3. The van der Waals surface area contributed by atoms with Crippen LogP contribution in [0.4, 0.5) is 5.95 Å². The number of allylic oxidation sites excluding steroid dienone is 1. The molecule has 2 aromatic carbocycles. The van der Waals surface area contributed by atoms with E-state index in [1.165, 1.54) is 0 Å². The van der Waals surface area contributed by atoms with Gasteiger partial charge < -0.3 is 20.5 Å². The van der Waals surface area contributed by atoms with Gasteiger partial charge in [-0.25, -0.2) is 4.68 Å². The summed E-state index contributed by atoms with van der Waals surface area (Å²) < 4.78 is 12.5. The first kappa shape index (κ1) is 21.0. The highest BCUT2D eigenvalue weighted by Crippen LogP contribution is 2.41. The summed E-state index contributed by atoms with van der Waals surface area (Å²) in [6, 6.07) is 9.77. The van der Waals surface area contributed by atoms with Gasteiger partial charge in [0.15, 0.2) is 5.82 Å². The lowest BCUT2D eigenvalue weighted by atomic mass is 9.94. The number of hydrogen-bond acceptors (Lipinski definition) is 6. The molecule has 4 rings (SSSR count). The summed E-state index contributed by atoms with van der Waals surface area (Å²) in [4.78, 5) is 17.0. The summed E-state index contributed by atoms with van der Waals surface area (Å²) in [5.41, 5.74) is 8.00. The number of primary amides is 1. The van der Waals surface area contributed by atoms with Crippen LogP contribution >= 0.6 is 23.2 Å². The number of carbonyl (C=O) groups excluding carboxylic acids is 1. The number of aromatic nitrogens is 3. The number of rotatable bonds is 5. The third kappa shape index (κ3) is 3.68. The Morgan fingerprint density at radius 2 is 1.90 bits per heavy atom. The van der Waals surface area contributed by atoms with Crippen molar-refractivity contribution >= 4 is 35.1 Å². The number of fused-ring (bicyclic) bond motifs is 1. The van der Waals surface area contributed by atoms with Gasteiger partial charge in [0.2, 0.25) is 11.9 Å². The summed E-state index contributed by atoms with van der Waals surface area (Å²) in [5.74, 6) is 1.42. The number of methoxy groups -OCH3 is 2. The van der Waals surface area contributed by atoms with Gasteiger partial charge in [0.1, 0.15) is 17.5 Å². The largest absolute Gasteiger partial charge is 0.497 e. The lowest BCUT2D eigenvalue weighted by Crippen LogP contribution is -2.32. The van der Waals surface area contributed by atoms with E-state index in [4.69, 9.17) is 38.4 Å². The van der Waals surface area contributed by atoms with Crippen LogP contribution in [0.1, 0.15) is 18.5 Å². The molecule has 0 saturated carbocycles. The van der Waals surface area contributed by atoms with E-state index in [0.29, 0.717) is 55.7 Å². The highest BCUT2D eigenvalue weighted by molar-refractivity contribution is 6.42. The maximum absolute atomic E-state index is 12.4. The second-order valence-electron chi connectivity index (χ2n) is 6.87. The minimum absolute atomic E-state index is 0.338. The Bertz CT molecular complexity index is 1220. The number of halogens is 2. The van der Waals surface area contributed by atoms with Gasteiger partial charge >= 0.3 is 0 Å². The average Bonchev–Trinajstić information content (AvgIpc) is 3.17. The first-order valence-electron chi connectivity index (χ1n) is 9.25. The zero-order valence-corrected chi connectivity index (χ0v) is 18.5. The molecule has 0 radical (unpaired) electrons. The SMILES string of the molecule is COc1ccc(OC)c(C2C(C(N)=O)=C(C)Nc3nc(-c4ccc(Cl)c(Cl)c4)nn32)c1. The van der Waals surface area contributed by atoms with Crippen LogP contribution in [-0.4, -0.2) is 34.9 Å². The molecule has 160 valence electrons. The summed E-state index contributed by atoms with van der Waals surface area (Å²) in [6.07, 6.45) is 0. The molecule has 1 amide bonds. The van der Waals surface area contributed by atoms with E-state index in [-0.39, 0.29) is 0 Å². The van der Waals surface area contributed by atoms with Gasteiger partial charge in [-0.2, -0.15) is 4.98 Å². The molecule has 10 heteroatoms. The number of nitrogens with two attached hydrogens (primary N) is 1. The van der Waals surface area contributed by atoms with Crippen LogP contribution < -0.4 is 20.5 Å². The third-order valence-electron chi connectivity index (χ3n) is 5.03. The highest BCUT2D eigenvalue weighted by Gasteiger charge is 2.35. The molecule has 0 saturated heterocycles. The monoisotopic (exact) mass is 459 g/mol. The lowest BCUT2D eigenvalue weighted by Gasteiger charge is -2.28. The molecule has 3 N–H and O–H groups in total. The topological polar surface area (TPSA) is 104 Å². The standard InChI is InChI=1S/C21H19Cl2N5O3/c1-10-17(19(24)29)18(13-9-12(30-2)5-7-16(13)31-3)28-21(25-10)26-20(27-28)11-4-6-14(22)15(23)8-11/h4-9,18H,1-3H3,(H2,24,29)(H,25,26,27). The van der Waals surface area contributed by atoms with Crippen molar-refractivity contribution in [2.45, 2.75) is 13.0 Å². The van der Waals surface area contributed by atoms with Crippen molar-refractivity contribution in [1.29, 1.82) is 0 Å². The Balaban J connectivity index is 1.93. The molecule has 31 heavy (non-hydrogen) atoms. The van der Waals surface area contributed by atoms with Crippen molar-refractivity contribution in [3.05, 3.63) is 63.3 Å². The molecule has 0 fully saturated rings. The maximum Gasteiger partial charge on any atom is 0.248 e. The van der Waals surface area contributed by atoms with Crippen molar-refractivity contribution in [1.82, 2.24) is 14.8 Å². The fourth-order valence-electron chi connectivity index (χ4n) is 3.57. The number of ether oxygens (including phenoxy) is 2. The molecule has 2 heterocycles. The van der Waals surface area contributed by atoms with E-state index in [0.717, 1.165) is 0 Å². The Morgan fingerprint density at radius 1 is 1.13 bits per heavy atom.